The van der Waals surface area contributed by atoms with E-state index in [9.17, 15) is 24.2 Å². The molecular weight excluding hydrogens is 412 g/mol. The molecule has 0 amide bonds. The Balaban J connectivity index is 1.75. The first kappa shape index (κ1) is 20.2. The quantitative estimate of drug-likeness (QED) is 0.281. The number of aliphatic hydroxyl groups is 2. The number of hydrogen-bond donors (Lipinski definition) is 6. The number of anilines is 1. The molecule has 1 aliphatic heterocycles. The lowest BCUT2D eigenvalue weighted by Crippen LogP contribution is -2.33. The molecule has 1 fully saturated rings. The highest BCUT2D eigenvalue weighted by Gasteiger charge is 2.46. The molecule has 5 atom stereocenters. The number of hydrogen-bond acceptors (Lipinski definition) is 11. The summed E-state index contributed by atoms with van der Waals surface area (Å²) in [6.45, 7) is -0.813. The number of nitrogens with zero attached hydrogens (tertiary/aromatic N) is 4. The third kappa shape index (κ3) is 4.33. The zero-order valence-electron chi connectivity index (χ0n) is 13.2. The molecule has 2 unspecified atom stereocenters. The number of ether oxygens (including phenoxy) is 1. The summed E-state index contributed by atoms with van der Waals surface area (Å²) >= 11 is 0. The maximum Gasteiger partial charge on any atom is 0.481 e. The van der Waals surface area contributed by atoms with Crippen molar-refractivity contribution >= 4 is 32.6 Å². The molecule has 3 rings (SSSR count). The lowest BCUT2D eigenvalue weighted by atomic mass is 10.1. The maximum atomic E-state index is 11.5. The normalized spacial score (nSPS) is 28.5. The summed E-state index contributed by atoms with van der Waals surface area (Å²) in [6.07, 6.45) is -3.20. The third-order valence-corrected chi connectivity index (χ3v) is 5.76. The number of rotatable bonds is 6. The van der Waals surface area contributed by atoms with Gasteiger partial charge in [-0.25, -0.2) is 24.1 Å². The van der Waals surface area contributed by atoms with Crippen LogP contribution in [0.2, 0.25) is 0 Å². The number of imidazole rings is 1. The minimum absolute atomic E-state index is 0.0856. The first-order valence-electron chi connectivity index (χ1n) is 7.17. The SMILES string of the molecule is Nc1ncnc2c1ncn2[C@@H]1O[C@H](COP(=O)(O)OP(=O)(O)O)[C@H](O)C1O. The Morgan fingerprint density at radius 3 is 2.56 bits per heavy atom. The Labute approximate surface area is 150 Å². The van der Waals surface area contributed by atoms with E-state index in [1.54, 1.807) is 0 Å². The Bertz CT molecular complexity index is 932. The zero-order chi connectivity index (χ0) is 20.0. The van der Waals surface area contributed by atoms with E-state index in [4.69, 9.17) is 20.3 Å². The number of fused-ring (bicyclic) bond motifs is 1. The summed E-state index contributed by atoms with van der Waals surface area (Å²) in [7, 11) is -10.4. The van der Waals surface area contributed by atoms with Crippen molar-refractivity contribution in [1.82, 2.24) is 19.5 Å². The van der Waals surface area contributed by atoms with Gasteiger partial charge < -0.3 is 35.4 Å². The number of nitrogen functional groups attached to an aromatic ring is 1. The van der Waals surface area contributed by atoms with Crippen LogP contribution in [0.1, 0.15) is 6.23 Å². The number of aromatic nitrogens is 4. The van der Waals surface area contributed by atoms with Gasteiger partial charge in [0, 0.05) is 0 Å². The maximum absolute atomic E-state index is 11.5. The smallest absolute Gasteiger partial charge is 0.387 e. The molecule has 27 heavy (non-hydrogen) atoms. The van der Waals surface area contributed by atoms with Crippen molar-refractivity contribution in [2.45, 2.75) is 24.5 Å². The van der Waals surface area contributed by atoms with Crippen LogP contribution < -0.4 is 5.73 Å². The molecule has 1 aliphatic rings. The lowest BCUT2D eigenvalue weighted by Gasteiger charge is -2.17. The third-order valence-electron chi connectivity index (χ3n) is 3.61. The number of nitrogens with two attached hydrogens (primary N) is 1. The van der Waals surface area contributed by atoms with Crippen molar-refractivity contribution in [2.75, 3.05) is 12.3 Å². The molecule has 0 saturated carbocycles. The van der Waals surface area contributed by atoms with E-state index in [2.05, 4.69) is 23.8 Å². The van der Waals surface area contributed by atoms with Crippen LogP contribution in [0, 0.1) is 0 Å². The molecule has 150 valence electrons. The van der Waals surface area contributed by atoms with Crippen molar-refractivity contribution in [3.63, 3.8) is 0 Å². The highest BCUT2D eigenvalue weighted by Crippen LogP contribution is 2.57. The van der Waals surface area contributed by atoms with E-state index in [0.29, 0.717) is 0 Å². The molecule has 0 radical (unpaired) electrons. The van der Waals surface area contributed by atoms with Gasteiger partial charge in [0.05, 0.1) is 12.9 Å². The highest BCUT2D eigenvalue weighted by atomic mass is 31.3. The van der Waals surface area contributed by atoms with Gasteiger partial charge in [-0.05, 0) is 0 Å². The fourth-order valence-corrected chi connectivity index (χ4v) is 4.08. The van der Waals surface area contributed by atoms with E-state index in [1.165, 1.54) is 10.9 Å². The highest BCUT2D eigenvalue weighted by molar-refractivity contribution is 7.60. The van der Waals surface area contributed by atoms with Crippen molar-refractivity contribution in [3.05, 3.63) is 12.7 Å². The first-order valence-corrected chi connectivity index (χ1v) is 10.2. The molecular formula is C10H15N5O10P2. The van der Waals surface area contributed by atoms with Crippen LogP contribution in [0.5, 0.6) is 0 Å². The minimum atomic E-state index is -5.29. The second-order valence-corrected chi connectivity index (χ2v) is 8.30. The summed E-state index contributed by atoms with van der Waals surface area (Å²) in [4.78, 5) is 38.1. The van der Waals surface area contributed by atoms with Crippen LogP contribution in [0.4, 0.5) is 5.82 Å². The number of phosphoric ester groups is 1. The van der Waals surface area contributed by atoms with Gasteiger partial charge in [-0.3, -0.25) is 9.09 Å². The molecule has 0 spiro atoms. The predicted molar refractivity (Wildman–Crippen MR) is 84.6 cm³/mol. The van der Waals surface area contributed by atoms with Gasteiger partial charge in [0.15, 0.2) is 17.7 Å². The van der Waals surface area contributed by atoms with Gasteiger partial charge in [-0.2, -0.15) is 4.31 Å². The molecule has 2 aromatic rings. The van der Waals surface area contributed by atoms with Crippen molar-refractivity contribution < 1.29 is 47.6 Å². The van der Waals surface area contributed by atoms with Crippen LogP contribution in [0.25, 0.3) is 11.2 Å². The second kappa shape index (κ2) is 7.14. The minimum Gasteiger partial charge on any atom is -0.387 e. The summed E-state index contributed by atoms with van der Waals surface area (Å²) < 4.78 is 36.8. The topological polar surface area (TPSA) is 233 Å². The van der Waals surface area contributed by atoms with Gasteiger partial charge in [0.2, 0.25) is 0 Å². The van der Waals surface area contributed by atoms with Crippen molar-refractivity contribution in [1.29, 1.82) is 0 Å². The first-order chi connectivity index (χ1) is 12.5. The Hall–Kier alpha value is -1.51. The molecule has 15 nitrogen and oxygen atoms in total. The summed E-state index contributed by atoms with van der Waals surface area (Å²) in [6, 6.07) is 0. The Kier molecular flexibility index (Phi) is 5.35. The van der Waals surface area contributed by atoms with E-state index < -0.39 is 46.8 Å². The fraction of sp³-hybridized carbons (Fsp3) is 0.500. The summed E-state index contributed by atoms with van der Waals surface area (Å²) in [5.74, 6) is 0.0856. The van der Waals surface area contributed by atoms with E-state index >= 15 is 0 Å². The van der Waals surface area contributed by atoms with Gasteiger partial charge in [0.1, 0.15) is 30.2 Å². The zero-order valence-corrected chi connectivity index (χ0v) is 15.0. The van der Waals surface area contributed by atoms with Crippen LogP contribution in [0.3, 0.4) is 0 Å². The molecule has 0 aromatic carbocycles. The van der Waals surface area contributed by atoms with Crippen LogP contribution >= 0.6 is 15.6 Å². The van der Waals surface area contributed by atoms with Gasteiger partial charge >= 0.3 is 15.6 Å². The monoisotopic (exact) mass is 427 g/mol. The largest absolute Gasteiger partial charge is 0.481 e. The molecule has 3 heterocycles. The Morgan fingerprint density at radius 1 is 1.19 bits per heavy atom. The van der Waals surface area contributed by atoms with E-state index in [1.807, 2.05) is 0 Å². The van der Waals surface area contributed by atoms with Crippen molar-refractivity contribution in [2.24, 2.45) is 0 Å². The van der Waals surface area contributed by atoms with Crippen LogP contribution in [-0.4, -0.2) is 69.3 Å². The second-order valence-electron chi connectivity index (χ2n) is 5.47. The lowest BCUT2D eigenvalue weighted by molar-refractivity contribution is -0.0503. The van der Waals surface area contributed by atoms with Crippen molar-refractivity contribution in [3.8, 4) is 0 Å². The summed E-state index contributed by atoms with van der Waals surface area (Å²) in [5, 5.41) is 20.3. The van der Waals surface area contributed by atoms with E-state index in [-0.39, 0.29) is 17.0 Å². The van der Waals surface area contributed by atoms with E-state index in [0.717, 1.165) is 6.33 Å². The molecule has 17 heteroatoms. The average molecular weight is 427 g/mol. The number of phosphoric acid groups is 2. The summed E-state index contributed by atoms with van der Waals surface area (Å²) in [5.41, 5.74) is 6.11. The molecule has 2 aromatic heterocycles. The standard InChI is InChI=1S/C10H15N5O10P2/c11-8-5-9(13-2-12-8)15(3-14-5)10-7(17)6(16)4(24-10)1-23-27(21,22)25-26(18,19)20/h2-4,6-7,10,16-17H,1H2,(H,21,22)(H2,11,12,13)(H2,18,19,20)/t4-,6+,7?,10-/m1/s1. The predicted octanol–water partition coefficient (Wildman–Crippen LogP) is -1.75. The molecule has 0 bridgehead atoms. The van der Waals surface area contributed by atoms with Gasteiger partial charge in [0.25, 0.3) is 0 Å². The average Bonchev–Trinajstić information content (AvgIpc) is 3.07. The van der Waals surface area contributed by atoms with Crippen LogP contribution in [-0.2, 0) is 22.7 Å². The van der Waals surface area contributed by atoms with Gasteiger partial charge in [-0.15, -0.1) is 0 Å². The van der Waals surface area contributed by atoms with Gasteiger partial charge in [-0.1, -0.05) is 0 Å². The molecule has 7 N–H and O–H groups in total. The Morgan fingerprint density at radius 2 is 1.89 bits per heavy atom. The van der Waals surface area contributed by atoms with Crippen LogP contribution in [0.15, 0.2) is 12.7 Å². The fourth-order valence-electron chi connectivity index (χ4n) is 2.48. The molecule has 0 aliphatic carbocycles. The molecule has 1 saturated heterocycles. The number of aliphatic hydroxyl groups excluding tert-OH is 2.